The fourth-order valence-corrected chi connectivity index (χ4v) is 2.81. The third kappa shape index (κ3) is 3.09. The van der Waals surface area contributed by atoms with Crippen molar-refractivity contribution in [1.29, 1.82) is 0 Å². The fraction of sp³-hybridized carbons (Fsp3) is 0.846. The molecule has 1 fully saturated rings. The molecule has 102 valence electrons. The van der Waals surface area contributed by atoms with Gasteiger partial charge in [0.2, 0.25) is 0 Å². The summed E-state index contributed by atoms with van der Waals surface area (Å²) in [6, 6.07) is 0.872. The molecule has 5 nitrogen and oxygen atoms in total. The van der Waals surface area contributed by atoms with Gasteiger partial charge in [-0.2, -0.15) is 5.10 Å². The van der Waals surface area contributed by atoms with Gasteiger partial charge in [-0.05, 0) is 26.2 Å². The Hall–Kier alpha value is -0.940. The highest BCUT2D eigenvalue weighted by Gasteiger charge is 2.38. The number of hydrogen-bond acceptors (Lipinski definition) is 4. The molecule has 2 N–H and O–H groups in total. The zero-order valence-electron chi connectivity index (χ0n) is 11.3. The van der Waals surface area contributed by atoms with Crippen molar-refractivity contribution in [2.24, 2.45) is 5.41 Å². The Morgan fingerprint density at radius 3 is 3.11 bits per heavy atom. The van der Waals surface area contributed by atoms with E-state index >= 15 is 0 Å². The van der Waals surface area contributed by atoms with E-state index in [0.29, 0.717) is 12.1 Å². The van der Waals surface area contributed by atoms with Crippen molar-refractivity contribution >= 4 is 0 Å². The van der Waals surface area contributed by atoms with Crippen LogP contribution >= 0.6 is 0 Å². The van der Waals surface area contributed by atoms with E-state index in [0.717, 1.165) is 19.4 Å². The summed E-state index contributed by atoms with van der Waals surface area (Å²) in [5.41, 5.74) is 0.0571. The van der Waals surface area contributed by atoms with Gasteiger partial charge >= 0.3 is 0 Å². The molecule has 1 aromatic rings. The molecule has 1 saturated carbocycles. The van der Waals surface area contributed by atoms with E-state index < -0.39 is 0 Å². The average Bonchev–Trinajstić information content (AvgIpc) is 2.98. The molecule has 1 heterocycles. The van der Waals surface area contributed by atoms with E-state index in [1.54, 1.807) is 12.7 Å². The third-order valence-electron chi connectivity index (χ3n) is 4.19. The van der Waals surface area contributed by atoms with E-state index in [4.69, 9.17) is 0 Å². The number of aromatic nitrogens is 3. The molecular formula is C13H24N4O. The normalized spacial score (nSPS) is 29.6. The van der Waals surface area contributed by atoms with Crippen molar-refractivity contribution in [3.05, 3.63) is 12.7 Å². The minimum absolute atomic E-state index is 0.0571. The maximum atomic E-state index is 9.53. The van der Waals surface area contributed by atoms with Gasteiger partial charge in [-0.25, -0.2) is 4.98 Å². The number of aryl methyl sites for hydroxylation is 1. The highest BCUT2D eigenvalue weighted by Crippen LogP contribution is 2.37. The van der Waals surface area contributed by atoms with Gasteiger partial charge in [0.05, 0.1) is 0 Å². The lowest BCUT2D eigenvalue weighted by molar-refractivity contribution is 0.113. The highest BCUT2D eigenvalue weighted by atomic mass is 16.3. The summed E-state index contributed by atoms with van der Waals surface area (Å²) in [5, 5.41) is 17.3. The molecule has 3 atom stereocenters. The monoisotopic (exact) mass is 252 g/mol. The van der Waals surface area contributed by atoms with Gasteiger partial charge in [0.15, 0.2) is 0 Å². The molecule has 2 rings (SSSR count). The van der Waals surface area contributed by atoms with Crippen molar-refractivity contribution < 1.29 is 5.11 Å². The smallest absolute Gasteiger partial charge is 0.137 e. The topological polar surface area (TPSA) is 63.0 Å². The first-order chi connectivity index (χ1) is 8.64. The zero-order valence-corrected chi connectivity index (χ0v) is 11.3. The van der Waals surface area contributed by atoms with Gasteiger partial charge in [0.25, 0.3) is 0 Å². The van der Waals surface area contributed by atoms with E-state index in [2.05, 4.69) is 29.2 Å². The first-order valence-corrected chi connectivity index (χ1v) is 6.83. The molecule has 1 aliphatic rings. The van der Waals surface area contributed by atoms with Crippen LogP contribution in [0.15, 0.2) is 12.7 Å². The SMILES string of the molecule is CC(CCn1cncn1)NC1CCCC1(C)CO. The maximum absolute atomic E-state index is 9.53. The summed E-state index contributed by atoms with van der Waals surface area (Å²) in [6.45, 7) is 5.55. The number of aliphatic hydroxyl groups excluding tert-OH is 1. The minimum atomic E-state index is 0.0571. The largest absolute Gasteiger partial charge is 0.396 e. The minimum Gasteiger partial charge on any atom is -0.396 e. The summed E-state index contributed by atoms with van der Waals surface area (Å²) < 4.78 is 1.86. The number of nitrogens with zero attached hydrogens (tertiary/aromatic N) is 3. The fourth-order valence-electron chi connectivity index (χ4n) is 2.81. The molecule has 3 unspecified atom stereocenters. The average molecular weight is 252 g/mol. The van der Waals surface area contributed by atoms with Crippen molar-refractivity contribution in [2.45, 2.75) is 58.2 Å². The van der Waals surface area contributed by atoms with Gasteiger partial charge in [0.1, 0.15) is 12.7 Å². The summed E-state index contributed by atoms with van der Waals surface area (Å²) in [6.07, 6.45) is 7.85. The lowest BCUT2D eigenvalue weighted by Crippen LogP contribution is -2.46. The molecular weight excluding hydrogens is 228 g/mol. The van der Waals surface area contributed by atoms with Gasteiger partial charge in [-0.15, -0.1) is 0 Å². The van der Waals surface area contributed by atoms with Crippen molar-refractivity contribution in [2.75, 3.05) is 6.61 Å². The second-order valence-electron chi connectivity index (χ2n) is 5.77. The summed E-state index contributed by atoms with van der Waals surface area (Å²) >= 11 is 0. The molecule has 1 aliphatic carbocycles. The number of rotatable bonds is 6. The van der Waals surface area contributed by atoms with Crippen LogP contribution in [0.5, 0.6) is 0 Å². The maximum Gasteiger partial charge on any atom is 0.137 e. The van der Waals surface area contributed by atoms with Crippen molar-refractivity contribution in [3.63, 3.8) is 0 Å². The summed E-state index contributed by atoms with van der Waals surface area (Å²) in [4.78, 5) is 3.94. The molecule has 0 spiro atoms. The molecule has 0 aliphatic heterocycles. The van der Waals surface area contributed by atoms with Crippen LogP contribution in [0, 0.1) is 5.41 Å². The van der Waals surface area contributed by atoms with Crippen LogP contribution in [0.3, 0.4) is 0 Å². The van der Waals surface area contributed by atoms with Crippen LogP contribution in [0.4, 0.5) is 0 Å². The second kappa shape index (κ2) is 5.80. The van der Waals surface area contributed by atoms with Crippen molar-refractivity contribution in [3.8, 4) is 0 Å². The predicted molar refractivity (Wildman–Crippen MR) is 70.1 cm³/mol. The van der Waals surface area contributed by atoms with Crippen molar-refractivity contribution in [1.82, 2.24) is 20.1 Å². The lowest BCUT2D eigenvalue weighted by atomic mass is 9.85. The number of hydrogen-bond donors (Lipinski definition) is 2. The van der Waals surface area contributed by atoms with Gasteiger partial charge < -0.3 is 10.4 Å². The van der Waals surface area contributed by atoms with E-state index in [-0.39, 0.29) is 12.0 Å². The van der Waals surface area contributed by atoms with Crippen LogP contribution in [0.2, 0.25) is 0 Å². The Kier molecular flexibility index (Phi) is 4.35. The Labute approximate surface area is 109 Å². The zero-order chi connectivity index (χ0) is 13.0. The standard InChI is InChI=1S/C13H24N4O/c1-11(5-7-17-10-14-9-15-17)16-12-4-3-6-13(12,2)8-18/h9-12,16,18H,3-8H2,1-2H3. The van der Waals surface area contributed by atoms with Gasteiger partial charge in [-0.1, -0.05) is 13.3 Å². The Morgan fingerprint density at radius 1 is 1.61 bits per heavy atom. The molecule has 1 aromatic heterocycles. The number of aliphatic hydroxyl groups is 1. The van der Waals surface area contributed by atoms with Crippen LogP contribution in [-0.4, -0.2) is 38.6 Å². The van der Waals surface area contributed by atoms with E-state index in [9.17, 15) is 5.11 Å². The molecule has 5 heteroatoms. The van der Waals surface area contributed by atoms with Gasteiger partial charge in [0, 0.05) is 30.7 Å². The molecule has 0 bridgehead atoms. The highest BCUT2D eigenvalue weighted by molar-refractivity contribution is 4.94. The van der Waals surface area contributed by atoms with E-state index in [1.165, 1.54) is 12.8 Å². The molecule has 0 amide bonds. The number of nitrogens with one attached hydrogen (secondary N) is 1. The third-order valence-corrected chi connectivity index (χ3v) is 4.19. The van der Waals surface area contributed by atoms with Crippen LogP contribution in [0.25, 0.3) is 0 Å². The Morgan fingerprint density at radius 2 is 2.44 bits per heavy atom. The first kappa shape index (κ1) is 13.5. The Balaban J connectivity index is 1.78. The quantitative estimate of drug-likeness (QED) is 0.798. The lowest BCUT2D eigenvalue weighted by Gasteiger charge is -2.32. The van der Waals surface area contributed by atoms with Crippen LogP contribution in [0.1, 0.15) is 39.5 Å². The molecule has 0 radical (unpaired) electrons. The van der Waals surface area contributed by atoms with Crippen LogP contribution < -0.4 is 5.32 Å². The van der Waals surface area contributed by atoms with Gasteiger partial charge in [-0.3, -0.25) is 4.68 Å². The molecule has 0 saturated heterocycles. The second-order valence-corrected chi connectivity index (χ2v) is 5.77. The predicted octanol–water partition coefficient (Wildman–Crippen LogP) is 1.20. The molecule has 0 aromatic carbocycles. The first-order valence-electron chi connectivity index (χ1n) is 6.83. The summed E-state index contributed by atoms with van der Waals surface area (Å²) in [7, 11) is 0. The van der Waals surface area contributed by atoms with E-state index in [1.807, 2.05) is 4.68 Å². The Bertz CT molecular complexity index is 354. The summed E-state index contributed by atoms with van der Waals surface area (Å²) in [5.74, 6) is 0. The van der Waals surface area contributed by atoms with Crippen LogP contribution in [-0.2, 0) is 6.54 Å². The molecule has 18 heavy (non-hydrogen) atoms.